The molecule has 0 N–H and O–H groups in total. The summed E-state index contributed by atoms with van der Waals surface area (Å²) in [7, 11) is 0. The van der Waals surface area contributed by atoms with Crippen molar-refractivity contribution in [2.45, 2.75) is 19.9 Å². The van der Waals surface area contributed by atoms with E-state index in [0.717, 1.165) is 42.0 Å². The normalized spacial score (nSPS) is 18.5. The molecule has 3 aromatic rings. The van der Waals surface area contributed by atoms with Gasteiger partial charge in [-0.25, -0.2) is 4.98 Å². The number of likely N-dealkylation sites (tertiary alicyclic amines) is 1. The lowest BCUT2D eigenvalue weighted by Crippen LogP contribution is -2.23. The number of para-hydroxylation sites is 1. The molecule has 2 aliphatic rings. The molecule has 1 unspecified atom stereocenters. The zero-order chi connectivity index (χ0) is 19.1. The third kappa shape index (κ3) is 3.24. The van der Waals surface area contributed by atoms with E-state index in [4.69, 9.17) is 4.74 Å². The first-order valence-corrected chi connectivity index (χ1v) is 10.3. The van der Waals surface area contributed by atoms with E-state index >= 15 is 0 Å². The van der Waals surface area contributed by atoms with Crippen molar-refractivity contribution >= 4 is 27.5 Å². The van der Waals surface area contributed by atoms with Gasteiger partial charge in [0.1, 0.15) is 5.75 Å². The van der Waals surface area contributed by atoms with Gasteiger partial charge in [-0.2, -0.15) is 0 Å². The number of benzene rings is 2. The van der Waals surface area contributed by atoms with Crippen LogP contribution in [0.3, 0.4) is 0 Å². The first-order chi connectivity index (χ1) is 13.7. The summed E-state index contributed by atoms with van der Waals surface area (Å²) in [6, 6.07) is 16.3. The van der Waals surface area contributed by atoms with Crippen LogP contribution in [0.1, 0.15) is 18.9 Å². The Morgan fingerprint density at radius 1 is 1.21 bits per heavy atom. The average molecular weight is 391 g/mol. The summed E-state index contributed by atoms with van der Waals surface area (Å²) in [5.74, 6) is 1.41. The van der Waals surface area contributed by atoms with Crippen molar-refractivity contribution in [1.29, 1.82) is 0 Å². The molecular weight excluding hydrogens is 370 g/mol. The molecule has 1 atom stereocenters. The van der Waals surface area contributed by atoms with Gasteiger partial charge in [0, 0.05) is 44.4 Å². The topological polar surface area (TPSA) is 45.7 Å². The van der Waals surface area contributed by atoms with Crippen LogP contribution in [0, 0.1) is 5.92 Å². The highest BCUT2D eigenvalue weighted by Crippen LogP contribution is 2.35. The molecule has 0 spiro atoms. The van der Waals surface area contributed by atoms with Crippen molar-refractivity contribution in [2.75, 3.05) is 13.1 Å². The van der Waals surface area contributed by atoms with Gasteiger partial charge in [0.2, 0.25) is 5.91 Å². The second-order valence-electron chi connectivity index (χ2n) is 7.33. The lowest BCUT2D eigenvalue weighted by molar-refractivity contribution is -0.126. The van der Waals surface area contributed by atoms with Crippen molar-refractivity contribution in [3.63, 3.8) is 0 Å². The number of ether oxygens (including phenoxy) is 1. The van der Waals surface area contributed by atoms with Crippen LogP contribution in [-0.2, 0) is 11.3 Å². The molecule has 5 rings (SSSR count). The molecule has 6 heteroatoms. The Morgan fingerprint density at radius 3 is 2.82 bits per heavy atom. The molecule has 0 radical (unpaired) electrons. The Balaban J connectivity index is 1.26. The van der Waals surface area contributed by atoms with Crippen molar-refractivity contribution in [3.05, 3.63) is 66.0 Å². The molecule has 0 bridgehead atoms. The highest BCUT2D eigenvalue weighted by molar-refractivity contribution is 7.20. The van der Waals surface area contributed by atoms with E-state index in [0.29, 0.717) is 11.1 Å². The molecule has 0 saturated carbocycles. The van der Waals surface area contributed by atoms with E-state index in [1.807, 2.05) is 41.4 Å². The summed E-state index contributed by atoms with van der Waals surface area (Å²) in [6.07, 6.45) is 3.15. The predicted molar refractivity (Wildman–Crippen MR) is 110 cm³/mol. The fourth-order valence-corrected chi connectivity index (χ4v) is 4.77. The second-order valence-corrected chi connectivity index (χ2v) is 8.32. The number of hydrogen-bond acceptors (Lipinski definition) is 5. The van der Waals surface area contributed by atoms with Crippen LogP contribution in [0.25, 0.3) is 10.2 Å². The van der Waals surface area contributed by atoms with Crippen LogP contribution in [0.15, 0.2) is 60.4 Å². The Morgan fingerprint density at radius 2 is 2.04 bits per heavy atom. The number of aromatic nitrogens is 1. The van der Waals surface area contributed by atoms with Crippen LogP contribution in [-0.4, -0.2) is 33.8 Å². The number of carbonyl (C=O) groups excluding carboxylic acids is 1. The van der Waals surface area contributed by atoms with Crippen molar-refractivity contribution in [1.82, 2.24) is 14.8 Å². The Labute approximate surface area is 167 Å². The Kier molecular flexibility index (Phi) is 4.28. The average Bonchev–Trinajstić information content (AvgIpc) is 3.38. The summed E-state index contributed by atoms with van der Waals surface area (Å²) < 4.78 is 7.06. The lowest BCUT2D eigenvalue weighted by atomic mass is 10.1. The van der Waals surface area contributed by atoms with Gasteiger partial charge in [0.15, 0.2) is 0 Å². The minimum atomic E-state index is 0.123. The van der Waals surface area contributed by atoms with E-state index in [1.165, 1.54) is 11.3 Å². The molecule has 28 heavy (non-hydrogen) atoms. The highest BCUT2D eigenvalue weighted by atomic mass is 32.1. The smallest absolute Gasteiger partial charge is 0.279 e. The van der Waals surface area contributed by atoms with E-state index in [9.17, 15) is 4.79 Å². The molecule has 1 fully saturated rings. The molecule has 1 saturated heterocycles. The molecule has 2 aliphatic heterocycles. The fraction of sp³-hybridized carbons (Fsp3) is 0.273. The zero-order valence-corrected chi connectivity index (χ0v) is 16.5. The summed E-state index contributed by atoms with van der Waals surface area (Å²) >= 11 is 1.55. The Bertz CT molecular complexity index is 1020. The number of nitrogens with zero attached hydrogens (tertiary/aromatic N) is 3. The van der Waals surface area contributed by atoms with Gasteiger partial charge in [0.05, 0.1) is 10.2 Å². The molecule has 2 aromatic carbocycles. The summed E-state index contributed by atoms with van der Waals surface area (Å²) in [6.45, 7) is 4.37. The number of thiazole rings is 1. The summed E-state index contributed by atoms with van der Waals surface area (Å²) in [5.41, 5.74) is 3.50. The SMILES string of the molecule is CC(=O)N1C=C2C(CCN2Cc2ccc(Oc3nc4ccccc4s3)cc2)C1. The standard InChI is InChI=1S/C22H21N3O2S/c1-15(26)25-13-17-10-11-24(20(17)14-25)12-16-6-8-18(9-7-16)27-22-23-19-4-2-3-5-21(19)28-22/h2-9,14,17H,10-13H2,1H3. The van der Waals surface area contributed by atoms with Gasteiger partial charge in [-0.15, -0.1) is 0 Å². The number of carbonyl (C=O) groups is 1. The fourth-order valence-electron chi connectivity index (χ4n) is 3.94. The number of amides is 1. The van der Waals surface area contributed by atoms with Gasteiger partial charge < -0.3 is 14.5 Å². The van der Waals surface area contributed by atoms with Gasteiger partial charge in [0.25, 0.3) is 5.19 Å². The quantitative estimate of drug-likeness (QED) is 0.651. The van der Waals surface area contributed by atoms with E-state index in [1.54, 1.807) is 18.3 Å². The van der Waals surface area contributed by atoms with Crippen molar-refractivity contribution < 1.29 is 9.53 Å². The minimum Gasteiger partial charge on any atom is -0.431 e. The third-order valence-corrected chi connectivity index (χ3v) is 6.33. The molecule has 0 aliphatic carbocycles. The molecule has 5 nitrogen and oxygen atoms in total. The largest absolute Gasteiger partial charge is 0.431 e. The lowest BCUT2D eigenvalue weighted by Gasteiger charge is -2.20. The number of hydrogen-bond donors (Lipinski definition) is 0. The summed E-state index contributed by atoms with van der Waals surface area (Å²) in [5, 5.41) is 0.664. The van der Waals surface area contributed by atoms with Gasteiger partial charge in [-0.1, -0.05) is 35.6 Å². The maximum Gasteiger partial charge on any atom is 0.279 e. The van der Waals surface area contributed by atoms with Crippen molar-refractivity contribution in [3.8, 4) is 10.9 Å². The second kappa shape index (κ2) is 6.95. The van der Waals surface area contributed by atoms with Crippen LogP contribution in [0.4, 0.5) is 0 Å². The van der Waals surface area contributed by atoms with Gasteiger partial charge in [-0.3, -0.25) is 4.79 Å². The first kappa shape index (κ1) is 17.3. The highest BCUT2D eigenvalue weighted by Gasteiger charge is 2.34. The molecule has 142 valence electrons. The van der Waals surface area contributed by atoms with Gasteiger partial charge in [-0.05, 0) is 36.2 Å². The first-order valence-electron chi connectivity index (χ1n) is 9.52. The summed E-state index contributed by atoms with van der Waals surface area (Å²) in [4.78, 5) is 20.4. The maximum absolute atomic E-state index is 11.6. The maximum atomic E-state index is 11.6. The molecular formula is C22H21N3O2S. The van der Waals surface area contributed by atoms with Crippen LogP contribution < -0.4 is 4.74 Å². The van der Waals surface area contributed by atoms with E-state index in [2.05, 4.69) is 28.1 Å². The molecule has 3 heterocycles. The van der Waals surface area contributed by atoms with E-state index in [-0.39, 0.29) is 5.91 Å². The van der Waals surface area contributed by atoms with Crippen LogP contribution in [0.2, 0.25) is 0 Å². The van der Waals surface area contributed by atoms with Gasteiger partial charge >= 0.3 is 0 Å². The number of fused-ring (bicyclic) bond motifs is 2. The minimum absolute atomic E-state index is 0.123. The van der Waals surface area contributed by atoms with E-state index < -0.39 is 0 Å². The van der Waals surface area contributed by atoms with Crippen molar-refractivity contribution in [2.24, 2.45) is 5.92 Å². The molecule has 1 aromatic heterocycles. The number of rotatable bonds is 4. The zero-order valence-electron chi connectivity index (χ0n) is 15.7. The Hall–Kier alpha value is -2.86. The predicted octanol–water partition coefficient (Wildman–Crippen LogP) is 4.61. The molecule has 1 amide bonds. The monoisotopic (exact) mass is 391 g/mol. The van der Waals surface area contributed by atoms with Crippen LogP contribution >= 0.6 is 11.3 Å². The van der Waals surface area contributed by atoms with Crippen LogP contribution in [0.5, 0.6) is 10.9 Å². The third-order valence-electron chi connectivity index (χ3n) is 5.42.